The summed E-state index contributed by atoms with van der Waals surface area (Å²) in [4.78, 5) is 35.2. The van der Waals surface area contributed by atoms with Crippen LogP contribution in [0.25, 0.3) is 16.6 Å². The average molecular weight is 547 g/mol. The fourth-order valence-corrected chi connectivity index (χ4v) is 3.96. The molecule has 0 fully saturated rings. The molecule has 2 N–H and O–H groups in total. The lowest BCUT2D eigenvalue weighted by Crippen LogP contribution is -2.28. The molecule has 0 aliphatic rings. The van der Waals surface area contributed by atoms with Crippen molar-refractivity contribution in [2.75, 3.05) is 12.4 Å². The number of nitrogens with zero attached hydrogens (tertiary/aromatic N) is 3. The molecular formula is C32H26N4O5. The predicted molar refractivity (Wildman–Crippen MR) is 156 cm³/mol. The van der Waals surface area contributed by atoms with E-state index in [4.69, 9.17) is 9.47 Å². The van der Waals surface area contributed by atoms with Crippen molar-refractivity contribution >= 4 is 22.6 Å². The van der Waals surface area contributed by atoms with E-state index < -0.39 is 17.1 Å². The van der Waals surface area contributed by atoms with Gasteiger partial charge in [0.1, 0.15) is 34.2 Å². The number of fused-ring (bicyclic) bond motifs is 1. The molecule has 41 heavy (non-hydrogen) atoms. The van der Waals surface area contributed by atoms with Crippen LogP contribution in [0.5, 0.6) is 17.2 Å². The summed E-state index contributed by atoms with van der Waals surface area (Å²) in [5.74, 6) is 6.86. The molecule has 0 atom stereocenters. The van der Waals surface area contributed by atoms with Crippen LogP contribution in [0.3, 0.4) is 0 Å². The van der Waals surface area contributed by atoms with Crippen molar-refractivity contribution in [3.8, 4) is 34.8 Å². The first kappa shape index (κ1) is 27.1. The lowest BCUT2D eigenvalue weighted by atomic mass is 10.1. The number of carbonyl (C=O) groups excluding carboxylic acids is 1. The molecule has 1 amide bonds. The van der Waals surface area contributed by atoms with Crippen LogP contribution in [0.1, 0.15) is 29.8 Å². The minimum absolute atomic E-state index is 0.128. The molecule has 204 valence electrons. The molecule has 0 saturated carbocycles. The van der Waals surface area contributed by atoms with Crippen molar-refractivity contribution in [3.05, 3.63) is 113 Å². The van der Waals surface area contributed by atoms with Crippen LogP contribution in [0, 0.1) is 11.8 Å². The van der Waals surface area contributed by atoms with Crippen LogP contribution >= 0.6 is 0 Å². The van der Waals surface area contributed by atoms with Crippen molar-refractivity contribution in [1.82, 2.24) is 14.5 Å². The van der Waals surface area contributed by atoms with Crippen molar-refractivity contribution in [3.63, 3.8) is 0 Å². The maximum absolute atomic E-state index is 13.3. The molecule has 0 saturated heterocycles. The summed E-state index contributed by atoms with van der Waals surface area (Å²) in [7, 11) is 1.59. The van der Waals surface area contributed by atoms with Crippen LogP contribution in [-0.2, 0) is 0 Å². The highest BCUT2D eigenvalue weighted by Gasteiger charge is 2.17. The number of rotatable bonds is 6. The van der Waals surface area contributed by atoms with Gasteiger partial charge in [0.05, 0.1) is 18.8 Å². The van der Waals surface area contributed by atoms with Gasteiger partial charge in [0.15, 0.2) is 0 Å². The Hall–Kier alpha value is -5.46. The zero-order valence-corrected chi connectivity index (χ0v) is 22.6. The van der Waals surface area contributed by atoms with E-state index >= 15 is 0 Å². The zero-order chi connectivity index (χ0) is 29.0. The normalized spacial score (nSPS) is 10.9. The lowest BCUT2D eigenvalue weighted by Gasteiger charge is -2.12. The van der Waals surface area contributed by atoms with E-state index in [0.717, 1.165) is 5.39 Å². The number of anilines is 1. The third-order valence-corrected chi connectivity index (χ3v) is 5.92. The molecule has 5 rings (SSSR count). The van der Waals surface area contributed by atoms with Crippen LogP contribution in [-0.4, -0.2) is 38.3 Å². The first-order valence-corrected chi connectivity index (χ1v) is 12.7. The summed E-state index contributed by atoms with van der Waals surface area (Å²) in [5.41, 5.74) is -0.228. The first-order valence-electron chi connectivity index (χ1n) is 12.7. The number of pyridine rings is 3. The van der Waals surface area contributed by atoms with Gasteiger partial charge in [0, 0.05) is 35.1 Å². The second kappa shape index (κ2) is 11.3. The molecule has 0 bridgehead atoms. The number of hydrogen-bond donors (Lipinski definition) is 2. The molecule has 3 aromatic heterocycles. The number of aliphatic hydroxyl groups is 1. The molecule has 0 aliphatic carbocycles. The number of nitrogens with one attached hydrogen (secondary N) is 1. The highest BCUT2D eigenvalue weighted by atomic mass is 16.5. The lowest BCUT2D eigenvalue weighted by molar-refractivity contribution is 0.102. The molecule has 9 nitrogen and oxygen atoms in total. The van der Waals surface area contributed by atoms with Crippen LogP contribution in [0.15, 0.2) is 96.2 Å². The number of aromatic nitrogens is 3. The molecule has 0 radical (unpaired) electrons. The number of benzene rings is 2. The Morgan fingerprint density at radius 1 is 1.00 bits per heavy atom. The van der Waals surface area contributed by atoms with Crippen molar-refractivity contribution in [2.45, 2.75) is 19.4 Å². The van der Waals surface area contributed by atoms with E-state index in [-0.39, 0.29) is 11.4 Å². The average Bonchev–Trinajstić information content (AvgIpc) is 2.97. The third-order valence-electron chi connectivity index (χ3n) is 5.92. The Morgan fingerprint density at radius 3 is 2.49 bits per heavy atom. The van der Waals surface area contributed by atoms with E-state index in [1.54, 1.807) is 69.6 Å². The molecule has 2 aromatic carbocycles. The Morgan fingerprint density at radius 2 is 1.78 bits per heavy atom. The fraction of sp³-hybridized carbons (Fsp3) is 0.125. The monoisotopic (exact) mass is 546 g/mol. The summed E-state index contributed by atoms with van der Waals surface area (Å²) < 4.78 is 12.6. The van der Waals surface area contributed by atoms with Crippen molar-refractivity contribution in [1.29, 1.82) is 0 Å². The van der Waals surface area contributed by atoms with Gasteiger partial charge in [-0.3, -0.25) is 19.1 Å². The van der Waals surface area contributed by atoms with Gasteiger partial charge < -0.3 is 19.9 Å². The number of ether oxygens (including phenoxy) is 2. The van der Waals surface area contributed by atoms with Gasteiger partial charge in [-0.15, -0.1) is 0 Å². The summed E-state index contributed by atoms with van der Waals surface area (Å²) in [6, 6.07) is 20.8. The molecule has 0 spiro atoms. The van der Waals surface area contributed by atoms with E-state index in [2.05, 4.69) is 27.1 Å². The summed E-state index contributed by atoms with van der Waals surface area (Å²) in [5, 5.41) is 13.5. The Kier molecular flexibility index (Phi) is 7.50. The molecule has 5 aromatic rings. The number of carbonyl (C=O) groups is 1. The first-order chi connectivity index (χ1) is 19.7. The summed E-state index contributed by atoms with van der Waals surface area (Å²) >= 11 is 0. The highest BCUT2D eigenvalue weighted by Crippen LogP contribution is 2.30. The van der Waals surface area contributed by atoms with Gasteiger partial charge >= 0.3 is 0 Å². The standard InChI is InChI=1S/C32H26N4O5/c1-32(2,39)15-13-21-17-26(31(38)36(20-21)22-7-5-4-6-8-22)30(37)35-29-12-10-24(19-34-29)41-28-14-16-33-27-18-23(40-3)9-11-25(27)28/h4-12,14,16-20,39H,1-3H3,(H,34,35,37). The van der Waals surface area contributed by atoms with E-state index in [0.29, 0.717) is 34.0 Å². The Labute approximate surface area is 236 Å². The minimum Gasteiger partial charge on any atom is -0.497 e. The van der Waals surface area contributed by atoms with E-state index in [1.165, 1.54) is 23.0 Å². The molecule has 9 heteroatoms. The minimum atomic E-state index is -1.25. The molecule has 0 unspecified atom stereocenters. The van der Waals surface area contributed by atoms with Crippen molar-refractivity contribution in [2.24, 2.45) is 0 Å². The number of para-hydroxylation sites is 1. The maximum atomic E-state index is 13.3. The molecule has 0 aliphatic heterocycles. The van der Waals surface area contributed by atoms with Crippen molar-refractivity contribution < 1.29 is 19.4 Å². The quantitative estimate of drug-likeness (QED) is 0.289. The van der Waals surface area contributed by atoms with Gasteiger partial charge in [-0.2, -0.15) is 0 Å². The van der Waals surface area contributed by atoms with Gasteiger partial charge in [0.2, 0.25) is 0 Å². The summed E-state index contributed by atoms with van der Waals surface area (Å²) in [6.45, 7) is 3.10. The SMILES string of the molecule is COc1ccc2c(Oc3ccc(NC(=O)c4cc(C#CC(C)(C)O)cn(-c5ccccc5)c4=O)nc3)ccnc2c1. The largest absolute Gasteiger partial charge is 0.497 e. The van der Waals surface area contributed by atoms with Crippen LogP contribution in [0.4, 0.5) is 5.82 Å². The zero-order valence-electron chi connectivity index (χ0n) is 22.6. The van der Waals surface area contributed by atoms with E-state index in [1.807, 2.05) is 24.3 Å². The number of methoxy groups -OCH3 is 1. The number of hydrogen-bond acceptors (Lipinski definition) is 7. The molecule has 3 heterocycles. The number of amides is 1. The second-order valence-electron chi connectivity index (χ2n) is 9.59. The van der Waals surface area contributed by atoms with Gasteiger partial charge in [0.25, 0.3) is 11.5 Å². The van der Waals surface area contributed by atoms with Gasteiger partial charge in [-0.1, -0.05) is 30.0 Å². The third kappa shape index (κ3) is 6.41. The van der Waals surface area contributed by atoms with Gasteiger partial charge in [-0.05, 0) is 62.4 Å². The van der Waals surface area contributed by atoms with Crippen LogP contribution in [0.2, 0.25) is 0 Å². The second-order valence-corrected chi connectivity index (χ2v) is 9.59. The maximum Gasteiger partial charge on any atom is 0.268 e. The topological polar surface area (TPSA) is 116 Å². The Balaban J connectivity index is 1.40. The Bertz CT molecular complexity index is 1850. The van der Waals surface area contributed by atoms with Crippen LogP contribution < -0.4 is 20.3 Å². The highest BCUT2D eigenvalue weighted by molar-refractivity contribution is 6.03. The fourth-order valence-electron chi connectivity index (χ4n) is 3.96. The smallest absolute Gasteiger partial charge is 0.268 e. The summed E-state index contributed by atoms with van der Waals surface area (Å²) in [6.07, 6.45) is 4.65. The van der Waals surface area contributed by atoms with E-state index in [9.17, 15) is 14.7 Å². The molecular weight excluding hydrogens is 520 g/mol. The van der Waals surface area contributed by atoms with Gasteiger partial charge in [-0.25, -0.2) is 4.98 Å². The predicted octanol–water partition coefficient (Wildman–Crippen LogP) is 4.96.